The summed E-state index contributed by atoms with van der Waals surface area (Å²) in [6.07, 6.45) is 4.64. The number of rotatable bonds is 7. The third-order valence-corrected chi connectivity index (χ3v) is 5.91. The number of nitrogens with one attached hydrogen (secondary N) is 1. The molecule has 3 N–H and O–H groups in total. The quantitative estimate of drug-likeness (QED) is 0.319. The molecule has 0 saturated heterocycles. The molecular weight excluding hydrogens is 436 g/mol. The van der Waals surface area contributed by atoms with Crippen LogP contribution in [0.4, 0.5) is 0 Å². The molecule has 0 bridgehead atoms. The summed E-state index contributed by atoms with van der Waals surface area (Å²) in [5.41, 5.74) is 12.7. The van der Waals surface area contributed by atoms with Crippen LogP contribution < -0.4 is 11.1 Å². The van der Waals surface area contributed by atoms with Crippen molar-refractivity contribution in [3.63, 3.8) is 0 Å². The Bertz CT molecular complexity index is 1470. The van der Waals surface area contributed by atoms with Crippen LogP contribution in [0.25, 0.3) is 10.9 Å². The molecule has 7 heteroatoms. The number of hydrogen-bond donors (Lipinski definition) is 2. The zero-order chi connectivity index (χ0) is 24.8. The minimum absolute atomic E-state index is 0.167. The number of aromatic nitrogens is 2. The molecule has 0 aliphatic rings. The normalized spacial score (nSPS) is 11.3. The molecule has 35 heavy (non-hydrogen) atoms. The van der Waals surface area contributed by atoms with Crippen molar-refractivity contribution in [3.05, 3.63) is 106 Å². The smallest absolute Gasteiger partial charge is 0.251 e. The number of nitriles is 1. The molecule has 0 aliphatic carbocycles. The molecule has 4 rings (SSSR count). The number of hydrogen-bond acceptors (Lipinski definition) is 5. The van der Waals surface area contributed by atoms with Crippen LogP contribution in [0, 0.1) is 11.3 Å². The Labute approximate surface area is 204 Å². The number of fused-ring (bicyclic) bond motifs is 1. The molecule has 2 aromatic carbocycles. The summed E-state index contributed by atoms with van der Waals surface area (Å²) < 4.78 is 0. The molecular formula is C28H26N6O. The van der Waals surface area contributed by atoms with Gasteiger partial charge in [-0.25, -0.2) is 0 Å². The summed E-state index contributed by atoms with van der Waals surface area (Å²) in [7, 11) is 1.67. The maximum absolute atomic E-state index is 12.8. The number of aliphatic imine (C=N–C) groups is 1. The lowest BCUT2D eigenvalue weighted by atomic mass is 10.0. The highest BCUT2D eigenvalue weighted by atomic mass is 16.1. The number of nitrogens with zero attached hydrogens (tertiary/aromatic N) is 4. The molecule has 2 heterocycles. The minimum atomic E-state index is -0.167. The molecule has 7 nitrogen and oxygen atoms in total. The molecule has 2 aromatic heterocycles. The van der Waals surface area contributed by atoms with Crippen LogP contribution in [0.1, 0.15) is 50.8 Å². The maximum atomic E-state index is 12.8. The van der Waals surface area contributed by atoms with Crippen molar-refractivity contribution in [1.29, 1.82) is 5.26 Å². The van der Waals surface area contributed by atoms with Gasteiger partial charge in [0.15, 0.2) is 0 Å². The lowest BCUT2D eigenvalue weighted by Crippen LogP contribution is -2.23. The molecule has 0 spiro atoms. The van der Waals surface area contributed by atoms with E-state index in [1.807, 2.05) is 30.3 Å². The molecule has 0 fully saturated rings. The Morgan fingerprint density at radius 1 is 1.06 bits per heavy atom. The first-order valence-electron chi connectivity index (χ1n) is 11.4. The van der Waals surface area contributed by atoms with Crippen LogP contribution in [0.3, 0.4) is 0 Å². The second-order valence-corrected chi connectivity index (χ2v) is 8.17. The highest BCUT2D eigenvalue weighted by Gasteiger charge is 2.10. The van der Waals surface area contributed by atoms with Gasteiger partial charge in [-0.05, 0) is 53.4 Å². The standard InChI is InChI=1S/C28H26N6O/c1-3-20-12-19(4-6-24(20)27(30)31-2)17-34-28(35)21-8-10-32-23(15-21)13-18-5-7-26-25(14-18)22(16-29)9-11-33-26/h4-12,14-15H,3,13,17H2,1-2H3,(H2,30,31)(H,34,35). The second-order valence-electron chi connectivity index (χ2n) is 8.17. The van der Waals surface area contributed by atoms with E-state index in [0.717, 1.165) is 45.3 Å². The van der Waals surface area contributed by atoms with Gasteiger partial charge < -0.3 is 11.1 Å². The molecule has 0 aliphatic heterocycles. The summed E-state index contributed by atoms with van der Waals surface area (Å²) in [6, 6.07) is 19.2. The molecule has 1 amide bonds. The summed E-state index contributed by atoms with van der Waals surface area (Å²) in [5, 5.41) is 13.2. The van der Waals surface area contributed by atoms with Crippen molar-refractivity contribution in [2.24, 2.45) is 10.7 Å². The number of benzene rings is 2. The van der Waals surface area contributed by atoms with Gasteiger partial charge in [0.2, 0.25) is 0 Å². The number of pyridine rings is 2. The van der Waals surface area contributed by atoms with E-state index in [9.17, 15) is 10.1 Å². The fourth-order valence-corrected chi connectivity index (χ4v) is 4.03. The van der Waals surface area contributed by atoms with E-state index in [2.05, 4.69) is 39.3 Å². The van der Waals surface area contributed by atoms with E-state index in [0.29, 0.717) is 29.9 Å². The van der Waals surface area contributed by atoms with Gasteiger partial charge in [0.25, 0.3) is 5.91 Å². The van der Waals surface area contributed by atoms with E-state index < -0.39 is 0 Å². The zero-order valence-electron chi connectivity index (χ0n) is 19.7. The van der Waals surface area contributed by atoms with Gasteiger partial charge >= 0.3 is 0 Å². The van der Waals surface area contributed by atoms with Crippen LogP contribution in [0.5, 0.6) is 0 Å². The van der Waals surface area contributed by atoms with Crippen molar-refractivity contribution >= 4 is 22.6 Å². The lowest BCUT2D eigenvalue weighted by molar-refractivity contribution is 0.0950. The van der Waals surface area contributed by atoms with Gasteiger partial charge in [-0.1, -0.05) is 31.2 Å². The SMILES string of the molecule is CCc1cc(CNC(=O)c2ccnc(Cc3ccc4nccc(C#N)c4c3)c2)ccc1C(N)=NC. The maximum Gasteiger partial charge on any atom is 0.251 e. The van der Waals surface area contributed by atoms with Crippen molar-refractivity contribution in [1.82, 2.24) is 15.3 Å². The minimum Gasteiger partial charge on any atom is -0.384 e. The van der Waals surface area contributed by atoms with Gasteiger partial charge in [-0.15, -0.1) is 0 Å². The van der Waals surface area contributed by atoms with Gasteiger partial charge in [0, 0.05) is 54.6 Å². The first kappa shape index (κ1) is 23.6. The van der Waals surface area contributed by atoms with Crippen LogP contribution in [-0.2, 0) is 19.4 Å². The van der Waals surface area contributed by atoms with E-state index in [1.165, 1.54) is 0 Å². The van der Waals surface area contributed by atoms with E-state index in [1.54, 1.807) is 37.6 Å². The van der Waals surface area contributed by atoms with Crippen LogP contribution in [-0.4, -0.2) is 28.8 Å². The Balaban J connectivity index is 1.47. The Hall–Kier alpha value is -4.57. The third kappa shape index (κ3) is 5.33. The summed E-state index contributed by atoms with van der Waals surface area (Å²) in [5.74, 6) is 0.341. The summed E-state index contributed by atoms with van der Waals surface area (Å²) >= 11 is 0. The average molecular weight is 463 g/mol. The number of nitrogens with two attached hydrogens (primary N) is 1. The van der Waals surface area contributed by atoms with Gasteiger partial charge in [0.05, 0.1) is 17.1 Å². The van der Waals surface area contributed by atoms with E-state index in [-0.39, 0.29) is 5.91 Å². The Kier molecular flexibility index (Phi) is 7.12. The number of carbonyl (C=O) groups is 1. The first-order chi connectivity index (χ1) is 17.0. The Morgan fingerprint density at radius 2 is 1.86 bits per heavy atom. The number of aryl methyl sites for hydroxylation is 1. The zero-order valence-corrected chi connectivity index (χ0v) is 19.7. The molecule has 4 aromatic rings. The first-order valence-corrected chi connectivity index (χ1v) is 11.4. The van der Waals surface area contributed by atoms with Crippen molar-refractivity contribution < 1.29 is 4.79 Å². The average Bonchev–Trinajstić information content (AvgIpc) is 2.90. The third-order valence-electron chi connectivity index (χ3n) is 5.91. The van der Waals surface area contributed by atoms with Crippen molar-refractivity contribution in [2.45, 2.75) is 26.3 Å². The number of amidine groups is 1. The van der Waals surface area contributed by atoms with Gasteiger partial charge in [-0.3, -0.25) is 19.8 Å². The van der Waals surface area contributed by atoms with Crippen LogP contribution >= 0.6 is 0 Å². The van der Waals surface area contributed by atoms with E-state index >= 15 is 0 Å². The highest BCUT2D eigenvalue weighted by Crippen LogP contribution is 2.20. The van der Waals surface area contributed by atoms with Crippen LogP contribution in [0.2, 0.25) is 0 Å². The monoisotopic (exact) mass is 462 g/mol. The number of amides is 1. The topological polar surface area (TPSA) is 117 Å². The fraction of sp³-hybridized carbons (Fsp3) is 0.179. The predicted octanol–water partition coefficient (Wildman–Crippen LogP) is 3.92. The molecule has 0 radical (unpaired) electrons. The predicted molar refractivity (Wildman–Crippen MR) is 137 cm³/mol. The largest absolute Gasteiger partial charge is 0.384 e. The summed E-state index contributed by atoms with van der Waals surface area (Å²) in [4.78, 5) is 25.7. The Morgan fingerprint density at radius 3 is 2.63 bits per heavy atom. The fourth-order valence-electron chi connectivity index (χ4n) is 4.03. The lowest BCUT2D eigenvalue weighted by Gasteiger charge is -2.11. The highest BCUT2D eigenvalue weighted by molar-refractivity contribution is 5.99. The van der Waals surface area contributed by atoms with Crippen LogP contribution in [0.15, 0.2) is 72.0 Å². The molecule has 0 atom stereocenters. The van der Waals surface area contributed by atoms with Gasteiger partial charge in [-0.2, -0.15) is 5.26 Å². The van der Waals surface area contributed by atoms with Crippen molar-refractivity contribution in [2.75, 3.05) is 7.05 Å². The van der Waals surface area contributed by atoms with Crippen molar-refractivity contribution in [3.8, 4) is 6.07 Å². The number of carbonyl (C=O) groups excluding carboxylic acids is 1. The molecule has 0 saturated carbocycles. The second kappa shape index (κ2) is 10.6. The van der Waals surface area contributed by atoms with Gasteiger partial charge in [0.1, 0.15) is 5.84 Å². The molecule has 174 valence electrons. The molecule has 0 unspecified atom stereocenters. The summed E-state index contributed by atoms with van der Waals surface area (Å²) in [6.45, 7) is 2.47. The van der Waals surface area contributed by atoms with E-state index in [4.69, 9.17) is 5.73 Å².